The molecular formula is C15H22BrNO. The van der Waals surface area contributed by atoms with Crippen molar-refractivity contribution < 1.29 is 4.74 Å². The van der Waals surface area contributed by atoms with E-state index in [1.54, 1.807) is 0 Å². The van der Waals surface area contributed by atoms with Crippen LogP contribution < -0.4 is 10.1 Å². The first-order valence-electron chi connectivity index (χ1n) is 6.91. The highest BCUT2D eigenvalue weighted by molar-refractivity contribution is 9.10. The molecule has 0 radical (unpaired) electrons. The molecule has 1 saturated heterocycles. The zero-order valence-electron chi connectivity index (χ0n) is 11.0. The van der Waals surface area contributed by atoms with Crippen molar-refractivity contribution in [3.63, 3.8) is 0 Å². The van der Waals surface area contributed by atoms with Gasteiger partial charge in [0.05, 0.1) is 11.1 Å². The molecule has 1 aliphatic rings. The van der Waals surface area contributed by atoms with Crippen LogP contribution in [0.15, 0.2) is 22.7 Å². The summed E-state index contributed by atoms with van der Waals surface area (Å²) < 4.78 is 6.95. The maximum absolute atomic E-state index is 5.87. The monoisotopic (exact) mass is 311 g/mol. The van der Waals surface area contributed by atoms with Crippen molar-refractivity contribution in [1.29, 1.82) is 0 Å². The molecule has 0 atom stereocenters. The SMILES string of the molecule is CCc1ccc(OCCC2CCNCC2)c(Br)c1. The minimum Gasteiger partial charge on any atom is -0.492 e. The number of piperidine rings is 1. The third-order valence-electron chi connectivity index (χ3n) is 3.65. The Morgan fingerprint density at radius 2 is 2.11 bits per heavy atom. The molecule has 18 heavy (non-hydrogen) atoms. The molecule has 0 amide bonds. The number of aryl methyl sites for hydroxylation is 1. The van der Waals surface area contributed by atoms with E-state index in [1.807, 2.05) is 0 Å². The Hall–Kier alpha value is -0.540. The fraction of sp³-hybridized carbons (Fsp3) is 0.600. The van der Waals surface area contributed by atoms with Crippen molar-refractivity contribution in [1.82, 2.24) is 5.32 Å². The molecule has 1 aliphatic heterocycles. The fourth-order valence-corrected chi connectivity index (χ4v) is 2.93. The van der Waals surface area contributed by atoms with Crippen molar-refractivity contribution in [2.45, 2.75) is 32.6 Å². The van der Waals surface area contributed by atoms with Gasteiger partial charge in [0.25, 0.3) is 0 Å². The van der Waals surface area contributed by atoms with Gasteiger partial charge in [-0.25, -0.2) is 0 Å². The summed E-state index contributed by atoms with van der Waals surface area (Å²) in [6.07, 6.45) is 4.82. The van der Waals surface area contributed by atoms with Crippen LogP contribution in [0.3, 0.4) is 0 Å². The zero-order chi connectivity index (χ0) is 12.8. The average molecular weight is 312 g/mol. The first-order chi connectivity index (χ1) is 8.79. The normalized spacial score (nSPS) is 16.8. The van der Waals surface area contributed by atoms with Crippen LogP contribution in [0.2, 0.25) is 0 Å². The Kier molecular flexibility index (Phi) is 5.51. The number of hydrogen-bond donors (Lipinski definition) is 1. The molecule has 0 spiro atoms. The summed E-state index contributed by atoms with van der Waals surface area (Å²) in [6.45, 7) is 5.33. The lowest BCUT2D eigenvalue weighted by atomic mass is 9.95. The third-order valence-corrected chi connectivity index (χ3v) is 4.27. The van der Waals surface area contributed by atoms with Crippen LogP contribution in [0.5, 0.6) is 5.75 Å². The summed E-state index contributed by atoms with van der Waals surface area (Å²) in [7, 11) is 0. The van der Waals surface area contributed by atoms with Crippen molar-refractivity contribution >= 4 is 15.9 Å². The predicted octanol–water partition coefficient (Wildman–Crippen LogP) is 3.78. The third kappa shape index (κ3) is 3.99. The molecule has 0 saturated carbocycles. The first kappa shape index (κ1) is 13.9. The van der Waals surface area contributed by atoms with Gasteiger partial charge in [-0.3, -0.25) is 0 Å². The molecule has 2 rings (SSSR count). The number of rotatable bonds is 5. The van der Waals surface area contributed by atoms with Gasteiger partial charge >= 0.3 is 0 Å². The molecule has 1 fully saturated rings. The largest absolute Gasteiger partial charge is 0.492 e. The Morgan fingerprint density at radius 3 is 2.78 bits per heavy atom. The van der Waals surface area contributed by atoms with Gasteiger partial charge in [0.15, 0.2) is 0 Å². The van der Waals surface area contributed by atoms with Crippen LogP contribution in [0, 0.1) is 5.92 Å². The Labute approximate surface area is 118 Å². The molecule has 100 valence electrons. The van der Waals surface area contributed by atoms with Gasteiger partial charge in [0, 0.05) is 0 Å². The van der Waals surface area contributed by atoms with Crippen LogP contribution in [-0.2, 0) is 6.42 Å². The van der Waals surface area contributed by atoms with Gasteiger partial charge in [-0.2, -0.15) is 0 Å². The van der Waals surface area contributed by atoms with Gasteiger partial charge in [-0.05, 0) is 78.3 Å². The highest BCUT2D eigenvalue weighted by Crippen LogP contribution is 2.27. The van der Waals surface area contributed by atoms with E-state index in [2.05, 4.69) is 46.4 Å². The highest BCUT2D eigenvalue weighted by atomic mass is 79.9. The quantitative estimate of drug-likeness (QED) is 0.893. The van der Waals surface area contributed by atoms with Crippen LogP contribution in [0.4, 0.5) is 0 Å². The van der Waals surface area contributed by atoms with Gasteiger partial charge in [0.1, 0.15) is 5.75 Å². The topological polar surface area (TPSA) is 21.3 Å². The van der Waals surface area contributed by atoms with Gasteiger partial charge in [0.2, 0.25) is 0 Å². The molecule has 1 heterocycles. The molecule has 2 nitrogen and oxygen atoms in total. The number of benzene rings is 1. The minimum atomic E-state index is 0.828. The summed E-state index contributed by atoms with van der Waals surface area (Å²) in [5, 5.41) is 3.40. The van der Waals surface area contributed by atoms with E-state index in [9.17, 15) is 0 Å². The van der Waals surface area contributed by atoms with Gasteiger partial charge in [-0.15, -0.1) is 0 Å². The molecule has 3 heteroatoms. The van der Waals surface area contributed by atoms with E-state index in [0.29, 0.717) is 0 Å². The van der Waals surface area contributed by atoms with Crippen molar-refractivity contribution in [3.05, 3.63) is 28.2 Å². The van der Waals surface area contributed by atoms with E-state index in [1.165, 1.54) is 37.9 Å². The summed E-state index contributed by atoms with van der Waals surface area (Å²) in [4.78, 5) is 0. The lowest BCUT2D eigenvalue weighted by molar-refractivity contribution is 0.251. The zero-order valence-corrected chi connectivity index (χ0v) is 12.6. The lowest BCUT2D eigenvalue weighted by Crippen LogP contribution is -2.28. The smallest absolute Gasteiger partial charge is 0.133 e. The Bertz CT molecular complexity index is 375. The molecule has 0 aromatic heterocycles. The van der Waals surface area contributed by atoms with Gasteiger partial charge in [-0.1, -0.05) is 13.0 Å². The van der Waals surface area contributed by atoms with Crippen LogP contribution in [0.25, 0.3) is 0 Å². The second-order valence-electron chi connectivity index (χ2n) is 4.95. The standard InChI is InChI=1S/C15H22BrNO/c1-2-12-3-4-15(14(16)11-12)18-10-7-13-5-8-17-9-6-13/h3-4,11,13,17H,2,5-10H2,1H3. The molecule has 1 N–H and O–H groups in total. The summed E-state index contributed by atoms with van der Waals surface area (Å²) >= 11 is 3.58. The van der Waals surface area contributed by atoms with Crippen molar-refractivity contribution in [2.75, 3.05) is 19.7 Å². The Balaban J connectivity index is 1.79. The highest BCUT2D eigenvalue weighted by Gasteiger charge is 2.13. The summed E-state index contributed by atoms with van der Waals surface area (Å²) in [6, 6.07) is 6.37. The van der Waals surface area contributed by atoms with Crippen LogP contribution in [-0.4, -0.2) is 19.7 Å². The number of halogens is 1. The predicted molar refractivity (Wildman–Crippen MR) is 79.2 cm³/mol. The summed E-state index contributed by atoms with van der Waals surface area (Å²) in [5.74, 6) is 1.81. The fourth-order valence-electron chi connectivity index (χ4n) is 2.39. The molecular weight excluding hydrogens is 290 g/mol. The van der Waals surface area contributed by atoms with E-state index < -0.39 is 0 Å². The Morgan fingerprint density at radius 1 is 1.33 bits per heavy atom. The number of hydrogen-bond acceptors (Lipinski definition) is 2. The van der Waals surface area contributed by atoms with E-state index in [0.717, 1.165) is 29.2 Å². The molecule has 1 aromatic carbocycles. The second-order valence-corrected chi connectivity index (χ2v) is 5.80. The maximum atomic E-state index is 5.87. The van der Waals surface area contributed by atoms with E-state index in [-0.39, 0.29) is 0 Å². The average Bonchev–Trinajstić information content (AvgIpc) is 2.42. The number of ether oxygens (including phenoxy) is 1. The minimum absolute atomic E-state index is 0.828. The van der Waals surface area contributed by atoms with Crippen molar-refractivity contribution in [2.24, 2.45) is 5.92 Å². The molecule has 1 aromatic rings. The van der Waals surface area contributed by atoms with Crippen molar-refractivity contribution in [3.8, 4) is 5.75 Å². The van der Waals surface area contributed by atoms with Gasteiger partial charge < -0.3 is 10.1 Å². The molecule has 0 bridgehead atoms. The van der Waals surface area contributed by atoms with E-state index >= 15 is 0 Å². The lowest BCUT2D eigenvalue weighted by Gasteiger charge is -2.22. The second kappa shape index (κ2) is 7.15. The van der Waals surface area contributed by atoms with Crippen LogP contribution in [0.1, 0.15) is 31.7 Å². The molecule has 0 unspecified atom stereocenters. The molecule has 0 aliphatic carbocycles. The van der Waals surface area contributed by atoms with Crippen LogP contribution >= 0.6 is 15.9 Å². The summed E-state index contributed by atoms with van der Waals surface area (Å²) in [5.41, 5.74) is 1.34. The van der Waals surface area contributed by atoms with E-state index in [4.69, 9.17) is 4.74 Å². The number of nitrogens with one attached hydrogen (secondary N) is 1. The maximum Gasteiger partial charge on any atom is 0.133 e. The first-order valence-corrected chi connectivity index (χ1v) is 7.71.